The van der Waals surface area contributed by atoms with Gasteiger partial charge < -0.3 is 15.0 Å². The summed E-state index contributed by atoms with van der Waals surface area (Å²) in [6, 6.07) is 18.1. The number of anilines is 1. The molecule has 1 N–H and O–H groups in total. The molecule has 1 aliphatic heterocycles. The predicted molar refractivity (Wildman–Crippen MR) is 126 cm³/mol. The molecule has 0 radical (unpaired) electrons. The largest absolute Gasteiger partial charge is 0.462 e. The number of hydrogen-bond donors (Lipinski definition) is 1. The number of hydrogen-bond acceptors (Lipinski definition) is 5. The van der Waals surface area contributed by atoms with E-state index >= 15 is 0 Å². The van der Waals surface area contributed by atoms with Crippen molar-refractivity contribution in [3.05, 3.63) is 88.8 Å². The van der Waals surface area contributed by atoms with Crippen LogP contribution in [-0.4, -0.2) is 32.5 Å². The SMILES string of the molecule is CC1=C(C(=O)OCCc2ccccc2)C(c2ccc(N(C)C)cc2)C2C(=O)CCC=C2N1. The summed E-state index contributed by atoms with van der Waals surface area (Å²) in [5.74, 6) is -0.922. The van der Waals surface area contributed by atoms with Crippen LogP contribution in [0.3, 0.4) is 0 Å². The number of fused-ring (bicyclic) bond motifs is 1. The van der Waals surface area contributed by atoms with Gasteiger partial charge in [0.25, 0.3) is 0 Å². The Balaban J connectivity index is 1.64. The Morgan fingerprint density at radius 1 is 1.06 bits per heavy atom. The zero-order valence-corrected chi connectivity index (χ0v) is 18.9. The molecule has 0 saturated heterocycles. The van der Waals surface area contributed by atoms with Gasteiger partial charge in [0.2, 0.25) is 0 Å². The van der Waals surface area contributed by atoms with E-state index in [9.17, 15) is 9.59 Å². The predicted octanol–water partition coefficient (Wildman–Crippen LogP) is 4.36. The number of nitrogens with one attached hydrogen (secondary N) is 1. The van der Waals surface area contributed by atoms with Crippen LogP contribution in [0.2, 0.25) is 0 Å². The maximum absolute atomic E-state index is 13.3. The van der Waals surface area contributed by atoms with Gasteiger partial charge in [0, 0.05) is 49.9 Å². The number of carbonyl (C=O) groups is 2. The fourth-order valence-electron chi connectivity index (χ4n) is 4.61. The van der Waals surface area contributed by atoms with Crippen LogP contribution in [0.4, 0.5) is 5.69 Å². The summed E-state index contributed by atoms with van der Waals surface area (Å²) in [4.78, 5) is 28.3. The van der Waals surface area contributed by atoms with Crippen molar-refractivity contribution in [2.75, 3.05) is 25.6 Å². The molecule has 5 nitrogen and oxygen atoms in total. The van der Waals surface area contributed by atoms with E-state index in [1.807, 2.05) is 80.5 Å². The number of carbonyl (C=O) groups excluding carboxylic acids is 2. The minimum Gasteiger partial charge on any atom is -0.462 e. The molecule has 2 atom stereocenters. The molecule has 0 aromatic heterocycles. The van der Waals surface area contributed by atoms with Gasteiger partial charge in [-0.1, -0.05) is 48.5 Å². The van der Waals surface area contributed by atoms with Crippen LogP contribution in [-0.2, 0) is 20.7 Å². The number of allylic oxidation sites excluding steroid dienone is 3. The summed E-state index contributed by atoms with van der Waals surface area (Å²) < 4.78 is 5.71. The molecule has 2 aliphatic rings. The van der Waals surface area contributed by atoms with E-state index in [0.29, 0.717) is 25.0 Å². The molecule has 0 bridgehead atoms. The van der Waals surface area contributed by atoms with Crippen molar-refractivity contribution in [1.29, 1.82) is 0 Å². The third kappa shape index (κ3) is 4.47. The van der Waals surface area contributed by atoms with Crippen LogP contribution in [0.1, 0.15) is 36.8 Å². The van der Waals surface area contributed by atoms with Crippen molar-refractivity contribution >= 4 is 17.4 Å². The lowest BCUT2D eigenvalue weighted by molar-refractivity contribution is -0.139. The van der Waals surface area contributed by atoms with Gasteiger partial charge in [0.15, 0.2) is 0 Å². The van der Waals surface area contributed by atoms with Crippen LogP contribution in [0.25, 0.3) is 0 Å². The molecule has 2 aromatic carbocycles. The van der Waals surface area contributed by atoms with Crippen LogP contribution in [0, 0.1) is 5.92 Å². The fourth-order valence-corrected chi connectivity index (χ4v) is 4.61. The molecular weight excluding hydrogens is 400 g/mol. The highest BCUT2D eigenvalue weighted by Crippen LogP contribution is 2.44. The number of ketones is 1. The van der Waals surface area contributed by atoms with Crippen molar-refractivity contribution in [3.8, 4) is 0 Å². The Morgan fingerprint density at radius 2 is 1.78 bits per heavy atom. The van der Waals surface area contributed by atoms with E-state index in [4.69, 9.17) is 4.74 Å². The topological polar surface area (TPSA) is 58.6 Å². The number of Topliss-reactive ketones (excluding diaryl/α,β-unsaturated/α-hetero) is 1. The van der Waals surface area contributed by atoms with Gasteiger partial charge in [-0.15, -0.1) is 0 Å². The molecule has 166 valence electrons. The summed E-state index contributed by atoms with van der Waals surface area (Å²) >= 11 is 0. The highest BCUT2D eigenvalue weighted by Gasteiger charge is 2.43. The first kappa shape index (κ1) is 21.9. The lowest BCUT2D eigenvalue weighted by Gasteiger charge is -2.38. The summed E-state index contributed by atoms with van der Waals surface area (Å²) in [6.45, 7) is 2.19. The first-order valence-corrected chi connectivity index (χ1v) is 11.1. The molecule has 0 fully saturated rings. The smallest absolute Gasteiger partial charge is 0.336 e. The first-order valence-electron chi connectivity index (χ1n) is 11.1. The molecule has 32 heavy (non-hydrogen) atoms. The molecule has 2 aromatic rings. The third-order valence-corrected chi connectivity index (χ3v) is 6.27. The fraction of sp³-hybridized carbons (Fsp3) is 0.333. The average molecular weight is 431 g/mol. The molecule has 0 saturated carbocycles. The van der Waals surface area contributed by atoms with Crippen molar-refractivity contribution in [2.24, 2.45) is 5.92 Å². The lowest BCUT2D eigenvalue weighted by Crippen LogP contribution is -2.40. The summed E-state index contributed by atoms with van der Waals surface area (Å²) in [6.07, 6.45) is 3.97. The Bertz CT molecular complexity index is 1050. The number of esters is 1. The van der Waals surface area contributed by atoms with E-state index < -0.39 is 0 Å². The van der Waals surface area contributed by atoms with Crippen LogP contribution >= 0.6 is 0 Å². The van der Waals surface area contributed by atoms with Gasteiger partial charge in [-0.2, -0.15) is 0 Å². The van der Waals surface area contributed by atoms with E-state index in [-0.39, 0.29) is 23.6 Å². The molecule has 1 heterocycles. The Hall–Kier alpha value is -3.34. The molecule has 1 aliphatic carbocycles. The lowest BCUT2D eigenvalue weighted by atomic mass is 9.71. The van der Waals surface area contributed by atoms with E-state index in [1.165, 1.54) is 0 Å². The number of nitrogens with zero attached hydrogens (tertiary/aromatic N) is 1. The van der Waals surface area contributed by atoms with Crippen molar-refractivity contribution in [2.45, 2.75) is 32.1 Å². The summed E-state index contributed by atoms with van der Waals surface area (Å²) in [5.41, 5.74) is 5.36. The van der Waals surface area contributed by atoms with E-state index in [0.717, 1.165) is 34.6 Å². The average Bonchev–Trinajstić information content (AvgIpc) is 2.79. The molecule has 0 spiro atoms. The monoisotopic (exact) mass is 430 g/mol. The standard InChI is InChI=1S/C27H30N2O3/c1-18-24(27(31)32-17-16-19-8-5-4-6-9-19)25(20-12-14-21(15-13-20)29(2)3)26-22(28-18)10-7-11-23(26)30/h4-6,8-10,12-15,25-26,28H,7,11,16-17H2,1-3H3. The van der Waals surface area contributed by atoms with Gasteiger partial charge in [0.05, 0.1) is 18.1 Å². The minimum atomic E-state index is -0.380. The number of ether oxygens (including phenoxy) is 1. The third-order valence-electron chi connectivity index (χ3n) is 6.27. The van der Waals surface area contributed by atoms with Gasteiger partial charge in [-0.3, -0.25) is 4.79 Å². The second kappa shape index (κ2) is 9.43. The molecule has 2 unspecified atom stereocenters. The maximum atomic E-state index is 13.3. The van der Waals surface area contributed by atoms with E-state index in [1.54, 1.807) is 0 Å². The Kier molecular flexibility index (Phi) is 6.45. The normalized spacial score (nSPS) is 20.2. The zero-order valence-electron chi connectivity index (χ0n) is 18.9. The second-order valence-electron chi connectivity index (χ2n) is 8.64. The molecule has 4 rings (SSSR count). The van der Waals surface area contributed by atoms with Gasteiger partial charge in [0.1, 0.15) is 5.78 Å². The summed E-state index contributed by atoms with van der Waals surface area (Å²) in [7, 11) is 3.98. The van der Waals surface area contributed by atoms with Gasteiger partial charge in [-0.05, 0) is 36.6 Å². The van der Waals surface area contributed by atoms with Crippen LogP contribution < -0.4 is 10.2 Å². The summed E-state index contributed by atoms with van der Waals surface area (Å²) in [5, 5.41) is 3.33. The van der Waals surface area contributed by atoms with Gasteiger partial charge in [-0.25, -0.2) is 4.79 Å². The molecule has 0 amide bonds. The maximum Gasteiger partial charge on any atom is 0.336 e. The number of rotatable bonds is 6. The Morgan fingerprint density at radius 3 is 2.47 bits per heavy atom. The molecular formula is C27H30N2O3. The van der Waals surface area contributed by atoms with Crippen molar-refractivity contribution < 1.29 is 14.3 Å². The number of benzene rings is 2. The first-order chi connectivity index (χ1) is 15.5. The highest BCUT2D eigenvalue weighted by molar-refractivity contribution is 5.96. The van der Waals surface area contributed by atoms with Gasteiger partial charge >= 0.3 is 5.97 Å². The van der Waals surface area contributed by atoms with Crippen LogP contribution in [0.5, 0.6) is 0 Å². The Labute approximate surface area is 189 Å². The quantitative estimate of drug-likeness (QED) is 0.690. The van der Waals surface area contributed by atoms with Crippen molar-refractivity contribution in [1.82, 2.24) is 5.32 Å². The highest BCUT2D eigenvalue weighted by atomic mass is 16.5. The van der Waals surface area contributed by atoms with Crippen LogP contribution in [0.15, 0.2) is 77.6 Å². The second-order valence-corrected chi connectivity index (χ2v) is 8.64. The molecule has 5 heteroatoms. The van der Waals surface area contributed by atoms with E-state index in [2.05, 4.69) is 11.4 Å². The zero-order chi connectivity index (χ0) is 22.7. The van der Waals surface area contributed by atoms with Crippen molar-refractivity contribution in [3.63, 3.8) is 0 Å². The minimum absolute atomic E-state index is 0.166.